The molecule has 2 heterocycles. The molecule has 2 aliphatic rings. The van der Waals surface area contributed by atoms with Crippen molar-refractivity contribution in [2.45, 2.75) is 37.0 Å². The minimum atomic E-state index is -0.948. The van der Waals surface area contributed by atoms with Crippen LogP contribution < -0.4 is 0 Å². The summed E-state index contributed by atoms with van der Waals surface area (Å²) in [4.78, 5) is 0. The summed E-state index contributed by atoms with van der Waals surface area (Å²) < 4.78 is 28.4. The molecule has 6 atom stereocenters. The van der Waals surface area contributed by atoms with Crippen LogP contribution in [0.5, 0.6) is 0 Å². The molecule has 3 rings (SSSR count). The number of hydrogen-bond acceptors (Lipinski definition) is 6. The van der Waals surface area contributed by atoms with Gasteiger partial charge >= 0.3 is 0 Å². The van der Waals surface area contributed by atoms with Crippen molar-refractivity contribution in [3.63, 3.8) is 0 Å². The third-order valence-electron chi connectivity index (χ3n) is 4.03. The van der Waals surface area contributed by atoms with Crippen molar-refractivity contribution in [1.29, 1.82) is 0 Å². The second-order valence-electron chi connectivity index (χ2n) is 5.53. The predicted octanol–water partition coefficient (Wildman–Crippen LogP) is 1.40. The molecule has 0 aliphatic carbocycles. The maximum atomic E-state index is 10.4. The van der Waals surface area contributed by atoms with Crippen LogP contribution in [0.1, 0.15) is 11.9 Å². The lowest BCUT2D eigenvalue weighted by molar-refractivity contribution is -0.362. The van der Waals surface area contributed by atoms with Crippen molar-refractivity contribution >= 4 is 0 Å². The molecule has 6 nitrogen and oxygen atoms in total. The van der Waals surface area contributed by atoms with Crippen molar-refractivity contribution in [2.75, 3.05) is 20.3 Å². The van der Waals surface area contributed by atoms with Gasteiger partial charge in [0.1, 0.15) is 24.4 Å². The first-order valence-corrected chi connectivity index (χ1v) is 7.65. The van der Waals surface area contributed by atoms with Crippen molar-refractivity contribution in [2.24, 2.45) is 0 Å². The van der Waals surface area contributed by atoms with Crippen LogP contribution in [-0.4, -0.2) is 56.1 Å². The highest BCUT2D eigenvalue weighted by atomic mass is 16.8. The molecule has 1 aromatic carbocycles. The highest BCUT2D eigenvalue weighted by Crippen LogP contribution is 2.35. The van der Waals surface area contributed by atoms with Gasteiger partial charge in [-0.25, -0.2) is 0 Å². The van der Waals surface area contributed by atoms with E-state index in [1.807, 2.05) is 30.3 Å². The van der Waals surface area contributed by atoms with Crippen LogP contribution in [0.3, 0.4) is 0 Å². The van der Waals surface area contributed by atoms with Gasteiger partial charge in [-0.2, -0.15) is 0 Å². The van der Waals surface area contributed by atoms with E-state index in [1.54, 1.807) is 6.08 Å². The lowest BCUT2D eigenvalue weighted by Crippen LogP contribution is -2.62. The van der Waals surface area contributed by atoms with E-state index in [0.717, 1.165) is 5.56 Å². The van der Waals surface area contributed by atoms with Crippen LogP contribution >= 0.6 is 0 Å². The topological polar surface area (TPSA) is 66.4 Å². The Morgan fingerprint density at radius 2 is 2.09 bits per heavy atom. The number of benzene rings is 1. The zero-order chi connectivity index (χ0) is 16.2. The molecule has 126 valence electrons. The number of rotatable bonds is 5. The largest absolute Gasteiger partial charge is 0.385 e. The van der Waals surface area contributed by atoms with Crippen molar-refractivity contribution in [3.05, 3.63) is 48.6 Å². The number of hydrogen-bond donors (Lipinski definition) is 1. The van der Waals surface area contributed by atoms with Gasteiger partial charge in [0.25, 0.3) is 0 Å². The van der Waals surface area contributed by atoms with E-state index in [4.69, 9.17) is 23.7 Å². The second kappa shape index (κ2) is 7.53. The van der Waals surface area contributed by atoms with Crippen LogP contribution in [0, 0.1) is 0 Å². The van der Waals surface area contributed by atoms with E-state index in [-0.39, 0.29) is 12.7 Å². The van der Waals surface area contributed by atoms with E-state index in [9.17, 15) is 5.11 Å². The fraction of sp³-hybridized carbons (Fsp3) is 0.529. The smallest absolute Gasteiger partial charge is 0.187 e. The van der Waals surface area contributed by atoms with Crippen LogP contribution in [0.15, 0.2) is 43.0 Å². The third-order valence-corrected chi connectivity index (χ3v) is 4.03. The Hall–Kier alpha value is -1.28. The molecule has 2 saturated heterocycles. The highest BCUT2D eigenvalue weighted by Gasteiger charge is 2.50. The van der Waals surface area contributed by atoms with Crippen LogP contribution in [0.4, 0.5) is 0 Å². The quantitative estimate of drug-likeness (QED) is 0.827. The molecule has 1 N–H and O–H groups in total. The molecule has 0 bridgehead atoms. The Morgan fingerprint density at radius 3 is 2.78 bits per heavy atom. The molecule has 6 heteroatoms. The molecular formula is C17H22O6. The summed E-state index contributed by atoms with van der Waals surface area (Å²) >= 11 is 0. The fourth-order valence-electron chi connectivity index (χ4n) is 2.91. The molecule has 2 fully saturated rings. The molecule has 0 radical (unpaired) electrons. The number of aliphatic hydroxyl groups excluding tert-OH is 1. The maximum absolute atomic E-state index is 10.4. The molecule has 0 saturated carbocycles. The normalized spacial score (nSPS) is 37.1. The van der Waals surface area contributed by atoms with Gasteiger partial charge in [0, 0.05) is 12.7 Å². The van der Waals surface area contributed by atoms with E-state index in [2.05, 4.69) is 6.58 Å². The monoisotopic (exact) mass is 322 g/mol. The number of aliphatic hydroxyl groups is 1. The molecule has 0 spiro atoms. The Morgan fingerprint density at radius 1 is 1.30 bits per heavy atom. The minimum absolute atomic E-state index is 0.282. The van der Waals surface area contributed by atoms with Crippen LogP contribution in [0.25, 0.3) is 0 Å². The van der Waals surface area contributed by atoms with Gasteiger partial charge in [-0.3, -0.25) is 0 Å². The summed E-state index contributed by atoms with van der Waals surface area (Å²) in [5.74, 6) is 0. The van der Waals surface area contributed by atoms with Crippen LogP contribution in [0.2, 0.25) is 0 Å². The van der Waals surface area contributed by atoms with Crippen molar-refractivity contribution in [3.8, 4) is 0 Å². The van der Waals surface area contributed by atoms with Crippen LogP contribution in [-0.2, 0) is 23.7 Å². The maximum Gasteiger partial charge on any atom is 0.187 e. The third kappa shape index (κ3) is 3.47. The first-order valence-electron chi connectivity index (χ1n) is 7.65. The molecular weight excluding hydrogens is 300 g/mol. The molecule has 1 aromatic rings. The Bertz CT molecular complexity index is 507. The average molecular weight is 322 g/mol. The summed E-state index contributed by atoms with van der Waals surface area (Å²) in [5, 5.41) is 10.4. The first-order chi connectivity index (χ1) is 11.2. The van der Waals surface area contributed by atoms with Gasteiger partial charge in [-0.05, 0) is 0 Å². The molecule has 23 heavy (non-hydrogen) atoms. The lowest BCUT2D eigenvalue weighted by atomic mass is 9.97. The summed E-state index contributed by atoms with van der Waals surface area (Å²) in [6.45, 7) is 4.21. The highest BCUT2D eigenvalue weighted by molar-refractivity contribution is 5.16. The van der Waals surface area contributed by atoms with Gasteiger partial charge in [0.05, 0.1) is 13.2 Å². The van der Waals surface area contributed by atoms with E-state index < -0.39 is 30.9 Å². The SMILES string of the molecule is C=CCOC1O[C@@H]2CO[C@@H](c3ccccc3)O[C@H]2[C@H](OC)[C@@H]1O. The van der Waals surface area contributed by atoms with E-state index in [1.165, 1.54) is 7.11 Å². The van der Waals surface area contributed by atoms with Gasteiger partial charge in [-0.1, -0.05) is 36.4 Å². The Labute approximate surface area is 135 Å². The van der Waals surface area contributed by atoms with Crippen molar-refractivity contribution < 1.29 is 28.8 Å². The van der Waals surface area contributed by atoms with E-state index in [0.29, 0.717) is 6.61 Å². The molecule has 1 unspecified atom stereocenters. The fourth-order valence-corrected chi connectivity index (χ4v) is 2.91. The second-order valence-corrected chi connectivity index (χ2v) is 5.53. The zero-order valence-corrected chi connectivity index (χ0v) is 13.0. The molecule has 0 amide bonds. The van der Waals surface area contributed by atoms with Crippen molar-refractivity contribution in [1.82, 2.24) is 0 Å². The summed E-state index contributed by atoms with van der Waals surface area (Å²) in [5.41, 5.74) is 0.917. The zero-order valence-electron chi connectivity index (χ0n) is 13.0. The summed E-state index contributed by atoms with van der Waals surface area (Å²) in [6.07, 6.45) is -2.00. The number of methoxy groups -OCH3 is 1. The van der Waals surface area contributed by atoms with Gasteiger partial charge in [0.15, 0.2) is 12.6 Å². The molecule has 0 aromatic heterocycles. The lowest BCUT2D eigenvalue weighted by Gasteiger charge is -2.47. The minimum Gasteiger partial charge on any atom is -0.385 e. The summed E-state index contributed by atoms with van der Waals surface area (Å²) in [7, 11) is 1.54. The predicted molar refractivity (Wildman–Crippen MR) is 81.6 cm³/mol. The number of fused-ring (bicyclic) bond motifs is 1. The Balaban J connectivity index is 1.73. The number of ether oxygens (including phenoxy) is 5. The van der Waals surface area contributed by atoms with Gasteiger partial charge < -0.3 is 28.8 Å². The Kier molecular flexibility index (Phi) is 5.42. The van der Waals surface area contributed by atoms with Gasteiger partial charge in [0.2, 0.25) is 0 Å². The van der Waals surface area contributed by atoms with E-state index >= 15 is 0 Å². The van der Waals surface area contributed by atoms with Gasteiger partial charge in [-0.15, -0.1) is 6.58 Å². The molecule has 2 aliphatic heterocycles. The first kappa shape index (κ1) is 16.6. The summed E-state index contributed by atoms with van der Waals surface area (Å²) in [6, 6.07) is 9.65. The average Bonchev–Trinajstić information content (AvgIpc) is 2.60. The standard InChI is InChI=1S/C17H22O6/c1-3-9-20-17-13(18)15(19-2)14-12(22-17)10-21-16(23-14)11-7-5-4-6-8-11/h3-8,12-18H,1,9-10H2,2H3/t12-,13+,14-,15-,16-,17?/m1/s1.